The Morgan fingerprint density at radius 1 is 1.07 bits per heavy atom. The van der Waals surface area contributed by atoms with Crippen LogP contribution in [0.2, 0.25) is 0 Å². The molecule has 0 bridgehead atoms. The molecule has 0 unspecified atom stereocenters. The quantitative estimate of drug-likeness (QED) is 0.518. The second-order valence-corrected chi connectivity index (χ2v) is 4.20. The zero-order chi connectivity index (χ0) is 10.2. The van der Waals surface area contributed by atoms with Gasteiger partial charge < -0.3 is 9.64 Å². The lowest BCUT2D eigenvalue weighted by molar-refractivity contribution is 0.121. The highest BCUT2D eigenvalue weighted by atomic mass is 32.1. The van der Waals surface area contributed by atoms with E-state index in [1.165, 1.54) is 32.7 Å². The van der Waals surface area contributed by atoms with E-state index in [1.807, 2.05) is 0 Å². The molecule has 0 aliphatic carbocycles. The van der Waals surface area contributed by atoms with Crippen molar-refractivity contribution in [2.24, 2.45) is 0 Å². The Morgan fingerprint density at radius 2 is 1.64 bits per heavy atom. The summed E-state index contributed by atoms with van der Waals surface area (Å²) in [5.74, 6) is 0.976. The Balaban J connectivity index is 2.03. The minimum atomic E-state index is 0.886. The van der Waals surface area contributed by atoms with Gasteiger partial charge in [0.05, 0.1) is 0 Å². The molecule has 84 valence electrons. The van der Waals surface area contributed by atoms with Gasteiger partial charge in [0.15, 0.2) is 0 Å². The fourth-order valence-electron chi connectivity index (χ4n) is 1.81. The topological polar surface area (TPSA) is 15.7 Å². The molecular formula is C10H22N2OS. The van der Waals surface area contributed by atoms with Gasteiger partial charge in [0.25, 0.3) is 0 Å². The molecule has 0 spiro atoms. The molecule has 1 aliphatic rings. The molecule has 1 fully saturated rings. The van der Waals surface area contributed by atoms with Crippen LogP contribution in [-0.2, 0) is 4.74 Å². The number of ether oxygens (including phenoxy) is 1. The molecule has 0 saturated carbocycles. The molecule has 1 rings (SSSR count). The van der Waals surface area contributed by atoms with Gasteiger partial charge in [-0.3, -0.25) is 4.90 Å². The number of piperazine rings is 1. The van der Waals surface area contributed by atoms with Crippen LogP contribution in [0.15, 0.2) is 0 Å². The fourth-order valence-corrected chi connectivity index (χ4v) is 2.09. The molecule has 4 heteroatoms. The van der Waals surface area contributed by atoms with Crippen molar-refractivity contribution < 1.29 is 4.74 Å². The molecule has 0 amide bonds. The maximum absolute atomic E-state index is 5.05. The number of hydrogen-bond acceptors (Lipinski definition) is 4. The van der Waals surface area contributed by atoms with E-state index in [-0.39, 0.29) is 0 Å². The van der Waals surface area contributed by atoms with Crippen molar-refractivity contribution >= 4 is 12.6 Å². The first-order chi connectivity index (χ1) is 6.86. The lowest BCUT2D eigenvalue weighted by Gasteiger charge is -2.34. The summed E-state index contributed by atoms with van der Waals surface area (Å²) in [4.78, 5) is 5.01. The number of nitrogens with zero attached hydrogens (tertiary/aromatic N) is 2. The summed E-state index contributed by atoms with van der Waals surface area (Å²) in [6.07, 6.45) is 1.16. The molecule has 1 aliphatic heterocycles. The van der Waals surface area contributed by atoms with Crippen LogP contribution in [0.5, 0.6) is 0 Å². The second kappa shape index (κ2) is 7.51. The zero-order valence-corrected chi connectivity index (χ0v) is 10.0. The van der Waals surface area contributed by atoms with Crippen molar-refractivity contribution in [2.45, 2.75) is 6.42 Å². The molecule has 0 N–H and O–H groups in total. The molecular weight excluding hydrogens is 196 g/mol. The van der Waals surface area contributed by atoms with Gasteiger partial charge in [0, 0.05) is 58.7 Å². The lowest BCUT2D eigenvalue weighted by atomic mass is 10.3. The Bertz CT molecular complexity index is 138. The summed E-state index contributed by atoms with van der Waals surface area (Å²) in [6, 6.07) is 0. The molecule has 0 aromatic heterocycles. The van der Waals surface area contributed by atoms with Crippen molar-refractivity contribution in [3.8, 4) is 0 Å². The van der Waals surface area contributed by atoms with E-state index in [9.17, 15) is 0 Å². The minimum Gasteiger partial charge on any atom is -0.385 e. The summed E-state index contributed by atoms with van der Waals surface area (Å²) in [7, 11) is 1.77. The van der Waals surface area contributed by atoms with E-state index in [0.717, 1.165) is 25.3 Å². The fraction of sp³-hybridized carbons (Fsp3) is 1.00. The molecule has 0 aromatic carbocycles. The normalized spacial score (nSPS) is 20.1. The van der Waals surface area contributed by atoms with E-state index in [0.29, 0.717) is 0 Å². The van der Waals surface area contributed by atoms with Crippen molar-refractivity contribution in [1.29, 1.82) is 0 Å². The first-order valence-electron chi connectivity index (χ1n) is 5.41. The van der Waals surface area contributed by atoms with Gasteiger partial charge in [-0.05, 0) is 6.42 Å². The summed E-state index contributed by atoms with van der Waals surface area (Å²) < 4.78 is 5.05. The molecule has 0 atom stereocenters. The average molecular weight is 218 g/mol. The van der Waals surface area contributed by atoms with E-state index in [1.54, 1.807) is 7.11 Å². The van der Waals surface area contributed by atoms with Crippen LogP contribution in [0.3, 0.4) is 0 Å². The molecule has 3 nitrogen and oxygen atoms in total. The van der Waals surface area contributed by atoms with Crippen molar-refractivity contribution in [3.63, 3.8) is 0 Å². The van der Waals surface area contributed by atoms with E-state index in [2.05, 4.69) is 22.4 Å². The molecule has 0 radical (unpaired) electrons. The standard InChI is InChI=1S/C10H22N2OS/c1-13-9-2-3-11-4-6-12(7-5-11)8-10-14/h14H,2-10H2,1H3. The third-order valence-corrected chi connectivity index (χ3v) is 2.90. The summed E-state index contributed by atoms with van der Waals surface area (Å²) in [5, 5.41) is 0. The number of methoxy groups -OCH3 is 1. The van der Waals surface area contributed by atoms with E-state index >= 15 is 0 Å². The molecule has 1 heterocycles. The second-order valence-electron chi connectivity index (χ2n) is 3.75. The number of rotatable bonds is 6. The largest absolute Gasteiger partial charge is 0.385 e. The lowest BCUT2D eigenvalue weighted by Crippen LogP contribution is -2.47. The predicted molar refractivity (Wildman–Crippen MR) is 63.2 cm³/mol. The van der Waals surface area contributed by atoms with Gasteiger partial charge in [-0.25, -0.2) is 0 Å². The summed E-state index contributed by atoms with van der Waals surface area (Å²) in [6.45, 7) is 8.02. The van der Waals surface area contributed by atoms with Crippen molar-refractivity contribution in [3.05, 3.63) is 0 Å². The van der Waals surface area contributed by atoms with Crippen molar-refractivity contribution in [2.75, 3.05) is 58.7 Å². The van der Waals surface area contributed by atoms with Gasteiger partial charge in [-0.15, -0.1) is 0 Å². The van der Waals surface area contributed by atoms with Crippen LogP contribution in [0.25, 0.3) is 0 Å². The predicted octanol–water partition coefficient (Wildman–Crippen LogP) is 0.570. The Labute approximate surface area is 92.8 Å². The van der Waals surface area contributed by atoms with E-state index < -0.39 is 0 Å². The Hall–Kier alpha value is 0.230. The van der Waals surface area contributed by atoms with Crippen LogP contribution in [-0.4, -0.2) is 68.5 Å². The average Bonchev–Trinajstić information content (AvgIpc) is 2.21. The van der Waals surface area contributed by atoms with Gasteiger partial charge in [0.2, 0.25) is 0 Å². The maximum Gasteiger partial charge on any atom is 0.0474 e. The third-order valence-electron chi connectivity index (χ3n) is 2.70. The highest BCUT2D eigenvalue weighted by molar-refractivity contribution is 7.80. The summed E-state index contributed by atoms with van der Waals surface area (Å²) >= 11 is 4.25. The Morgan fingerprint density at radius 3 is 2.14 bits per heavy atom. The van der Waals surface area contributed by atoms with Crippen LogP contribution in [0, 0.1) is 0 Å². The first kappa shape index (κ1) is 12.3. The van der Waals surface area contributed by atoms with Crippen LogP contribution in [0.1, 0.15) is 6.42 Å². The zero-order valence-electron chi connectivity index (χ0n) is 9.11. The molecule has 0 aromatic rings. The van der Waals surface area contributed by atoms with Gasteiger partial charge in [-0.1, -0.05) is 0 Å². The van der Waals surface area contributed by atoms with E-state index in [4.69, 9.17) is 4.74 Å². The molecule has 1 saturated heterocycles. The smallest absolute Gasteiger partial charge is 0.0474 e. The van der Waals surface area contributed by atoms with Crippen LogP contribution < -0.4 is 0 Å². The van der Waals surface area contributed by atoms with Crippen LogP contribution in [0.4, 0.5) is 0 Å². The third kappa shape index (κ3) is 4.64. The summed E-state index contributed by atoms with van der Waals surface area (Å²) in [5.41, 5.74) is 0. The van der Waals surface area contributed by atoms with Crippen LogP contribution >= 0.6 is 12.6 Å². The number of hydrogen-bond donors (Lipinski definition) is 1. The molecule has 14 heavy (non-hydrogen) atoms. The highest BCUT2D eigenvalue weighted by Gasteiger charge is 2.14. The monoisotopic (exact) mass is 218 g/mol. The van der Waals surface area contributed by atoms with Crippen molar-refractivity contribution in [1.82, 2.24) is 9.80 Å². The number of thiol groups is 1. The highest BCUT2D eigenvalue weighted by Crippen LogP contribution is 2.02. The first-order valence-corrected chi connectivity index (χ1v) is 6.04. The van der Waals surface area contributed by atoms with Gasteiger partial charge in [-0.2, -0.15) is 12.6 Å². The minimum absolute atomic E-state index is 0.886. The Kier molecular flexibility index (Phi) is 6.60. The SMILES string of the molecule is COCCCN1CCN(CCS)CC1. The van der Waals surface area contributed by atoms with Gasteiger partial charge in [0.1, 0.15) is 0 Å². The maximum atomic E-state index is 5.05. The van der Waals surface area contributed by atoms with Gasteiger partial charge >= 0.3 is 0 Å².